The molecule has 1 heterocycles. The largest absolute Gasteiger partial charge is 0.316 e. The van der Waals surface area contributed by atoms with Crippen molar-refractivity contribution in [2.45, 2.75) is 13.3 Å². The van der Waals surface area contributed by atoms with Gasteiger partial charge >= 0.3 is 0 Å². The summed E-state index contributed by atoms with van der Waals surface area (Å²) in [4.78, 5) is 2.39. The van der Waals surface area contributed by atoms with Gasteiger partial charge in [-0.25, -0.2) is 0 Å². The highest BCUT2D eigenvalue weighted by Crippen LogP contribution is 2.07. The molecule has 0 aromatic heterocycles. The second kappa shape index (κ2) is 3.94. The number of nitrogens with zero attached hydrogens (tertiary/aromatic N) is 1. The quantitative estimate of drug-likeness (QED) is 0.619. The zero-order valence-electron chi connectivity index (χ0n) is 7.06. The summed E-state index contributed by atoms with van der Waals surface area (Å²) in [5, 5.41) is 3.38. The van der Waals surface area contributed by atoms with Gasteiger partial charge in [-0.05, 0) is 39.0 Å². The molecule has 0 aromatic carbocycles. The first kappa shape index (κ1) is 8.02. The summed E-state index contributed by atoms with van der Waals surface area (Å²) in [6, 6.07) is 0. The minimum atomic E-state index is 0.907. The summed E-state index contributed by atoms with van der Waals surface area (Å²) in [6.07, 6.45) is 1.37. The van der Waals surface area contributed by atoms with Gasteiger partial charge in [0.2, 0.25) is 0 Å². The van der Waals surface area contributed by atoms with E-state index in [1.54, 1.807) is 0 Å². The summed E-state index contributed by atoms with van der Waals surface area (Å²) in [5.41, 5.74) is 0. The molecule has 1 fully saturated rings. The fraction of sp³-hybridized carbons (Fsp3) is 1.00. The molecule has 2 heteroatoms. The highest BCUT2D eigenvalue weighted by Gasteiger charge is 2.14. The molecule has 1 aliphatic heterocycles. The van der Waals surface area contributed by atoms with E-state index in [0.717, 1.165) is 5.92 Å². The van der Waals surface area contributed by atoms with E-state index in [4.69, 9.17) is 0 Å². The molecule has 1 aliphatic rings. The van der Waals surface area contributed by atoms with Crippen molar-refractivity contribution >= 4 is 0 Å². The summed E-state index contributed by atoms with van der Waals surface area (Å²) >= 11 is 0. The Balaban J connectivity index is 2.11. The summed E-state index contributed by atoms with van der Waals surface area (Å²) in [6.45, 7) is 7.11. The number of rotatable bonds is 3. The van der Waals surface area contributed by atoms with Gasteiger partial charge in [-0.15, -0.1) is 0 Å². The van der Waals surface area contributed by atoms with E-state index in [0.29, 0.717) is 0 Å². The molecule has 0 spiro atoms. The Morgan fingerprint density at radius 1 is 1.60 bits per heavy atom. The van der Waals surface area contributed by atoms with Crippen molar-refractivity contribution in [3.63, 3.8) is 0 Å². The molecule has 60 valence electrons. The lowest BCUT2D eigenvalue weighted by atomic mass is 10.1. The fourth-order valence-corrected chi connectivity index (χ4v) is 1.44. The monoisotopic (exact) mass is 142 g/mol. The smallest absolute Gasteiger partial charge is 0.00191 e. The van der Waals surface area contributed by atoms with Crippen molar-refractivity contribution in [3.8, 4) is 0 Å². The average molecular weight is 142 g/mol. The van der Waals surface area contributed by atoms with Gasteiger partial charge in [-0.2, -0.15) is 0 Å². The Labute approximate surface area is 63.6 Å². The van der Waals surface area contributed by atoms with Crippen molar-refractivity contribution in [2.24, 2.45) is 5.92 Å². The molecule has 0 saturated carbocycles. The minimum absolute atomic E-state index is 0.907. The van der Waals surface area contributed by atoms with Crippen LogP contribution in [0.25, 0.3) is 0 Å². The molecule has 0 amide bonds. The third-order valence-corrected chi connectivity index (χ3v) is 2.27. The topological polar surface area (TPSA) is 15.3 Å². The molecule has 0 aliphatic carbocycles. The van der Waals surface area contributed by atoms with Crippen LogP contribution in [0.3, 0.4) is 0 Å². The van der Waals surface area contributed by atoms with Crippen LogP contribution < -0.4 is 5.32 Å². The fourth-order valence-electron chi connectivity index (χ4n) is 1.44. The average Bonchev–Trinajstić information content (AvgIpc) is 2.40. The van der Waals surface area contributed by atoms with E-state index >= 15 is 0 Å². The SMILES string of the molecule is CCN(C)C[C@@H]1CCNC1. The highest BCUT2D eigenvalue weighted by atomic mass is 15.1. The Morgan fingerprint density at radius 2 is 2.40 bits per heavy atom. The van der Waals surface area contributed by atoms with Crippen molar-refractivity contribution in [3.05, 3.63) is 0 Å². The second-order valence-electron chi connectivity index (χ2n) is 3.21. The first-order valence-corrected chi connectivity index (χ1v) is 4.22. The molecule has 1 rings (SSSR count). The van der Waals surface area contributed by atoms with Crippen LogP contribution in [0, 0.1) is 5.92 Å². The maximum atomic E-state index is 3.38. The van der Waals surface area contributed by atoms with Crippen LogP contribution >= 0.6 is 0 Å². The molecule has 0 unspecified atom stereocenters. The third-order valence-electron chi connectivity index (χ3n) is 2.27. The standard InChI is InChI=1S/C8H18N2/c1-3-10(2)7-8-4-5-9-6-8/h8-9H,3-7H2,1-2H3/t8-/m1/s1. The van der Waals surface area contributed by atoms with Crippen molar-refractivity contribution in [1.29, 1.82) is 0 Å². The first-order valence-electron chi connectivity index (χ1n) is 4.22. The van der Waals surface area contributed by atoms with Gasteiger partial charge in [0.25, 0.3) is 0 Å². The zero-order valence-corrected chi connectivity index (χ0v) is 7.06. The van der Waals surface area contributed by atoms with Crippen LogP contribution in [0.15, 0.2) is 0 Å². The lowest BCUT2D eigenvalue weighted by molar-refractivity contribution is 0.299. The van der Waals surface area contributed by atoms with Gasteiger partial charge in [0.1, 0.15) is 0 Å². The summed E-state index contributed by atoms with van der Waals surface area (Å²) < 4.78 is 0. The Hall–Kier alpha value is -0.0800. The normalized spacial score (nSPS) is 26.1. The molecular weight excluding hydrogens is 124 g/mol. The van der Waals surface area contributed by atoms with Crippen LogP contribution in [0.5, 0.6) is 0 Å². The number of hydrogen-bond acceptors (Lipinski definition) is 2. The predicted octanol–water partition coefficient (Wildman–Crippen LogP) is 0.548. The van der Waals surface area contributed by atoms with Crippen molar-refractivity contribution in [1.82, 2.24) is 10.2 Å². The summed E-state index contributed by atoms with van der Waals surface area (Å²) in [5.74, 6) is 0.907. The van der Waals surface area contributed by atoms with E-state index in [-0.39, 0.29) is 0 Å². The number of nitrogens with one attached hydrogen (secondary N) is 1. The van der Waals surface area contributed by atoms with Crippen LogP contribution in [0.4, 0.5) is 0 Å². The van der Waals surface area contributed by atoms with Crippen LogP contribution in [-0.4, -0.2) is 38.1 Å². The molecule has 2 nitrogen and oxygen atoms in total. The molecule has 0 aromatic rings. The van der Waals surface area contributed by atoms with Crippen LogP contribution in [0.2, 0.25) is 0 Å². The van der Waals surface area contributed by atoms with Gasteiger partial charge in [-0.3, -0.25) is 0 Å². The molecule has 0 radical (unpaired) electrons. The van der Waals surface area contributed by atoms with E-state index in [2.05, 4.69) is 24.2 Å². The van der Waals surface area contributed by atoms with Gasteiger partial charge in [0, 0.05) is 6.54 Å². The molecule has 0 bridgehead atoms. The highest BCUT2D eigenvalue weighted by molar-refractivity contribution is 4.73. The predicted molar refractivity (Wildman–Crippen MR) is 44.1 cm³/mol. The van der Waals surface area contributed by atoms with Gasteiger partial charge in [-0.1, -0.05) is 6.92 Å². The van der Waals surface area contributed by atoms with Gasteiger partial charge in [0.15, 0.2) is 0 Å². The molecule has 1 N–H and O–H groups in total. The lowest BCUT2D eigenvalue weighted by Gasteiger charge is -2.17. The van der Waals surface area contributed by atoms with Crippen molar-refractivity contribution in [2.75, 3.05) is 33.2 Å². The lowest BCUT2D eigenvalue weighted by Crippen LogP contribution is -2.26. The van der Waals surface area contributed by atoms with Crippen molar-refractivity contribution < 1.29 is 0 Å². The van der Waals surface area contributed by atoms with E-state index < -0.39 is 0 Å². The van der Waals surface area contributed by atoms with Gasteiger partial charge in [0.05, 0.1) is 0 Å². The molecule has 10 heavy (non-hydrogen) atoms. The third kappa shape index (κ3) is 2.27. The number of hydrogen-bond donors (Lipinski definition) is 1. The van der Waals surface area contributed by atoms with Crippen LogP contribution in [0.1, 0.15) is 13.3 Å². The molecule has 1 saturated heterocycles. The molecular formula is C8H18N2. The van der Waals surface area contributed by atoms with Gasteiger partial charge < -0.3 is 10.2 Å². The molecule has 1 atom stereocenters. The Bertz CT molecular complexity index is 87.3. The maximum Gasteiger partial charge on any atom is 0.00191 e. The Morgan fingerprint density at radius 3 is 2.90 bits per heavy atom. The zero-order chi connectivity index (χ0) is 7.40. The second-order valence-corrected chi connectivity index (χ2v) is 3.21. The van der Waals surface area contributed by atoms with E-state index in [1.807, 2.05) is 0 Å². The van der Waals surface area contributed by atoms with Crippen LogP contribution in [-0.2, 0) is 0 Å². The van der Waals surface area contributed by atoms with E-state index in [9.17, 15) is 0 Å². The maximum absolute atomic E-state index is 3.38. The first-order chi connectivity index (χ1) is 4.83. The summed E-state index contributed by atoms with van der Waals surface area (Å²) in [7, 11) is 2.19. The van der Waals surface area contributed by atoms with E-state index in [1.165, 1.54) is 32.6 Å². The Kier molecular flexibility index (Phi) is 3.16. The minimum Gasteiger partial charge on any atom is -0.316 e.